The topological polar surface area (TPSA) is 96.8 Å². The molecule has 86 valence electrons. The molecule has 2 N–H and O–H groups in total. The lowest BCUT2D eigenvalue weighted by Gasteiger charge is -2.06. The molecule has 9 heteroatoms. The van der Waals surface area contributed by atoms with E-state index in [2.05, 4.69) is 4.98 Å². The quantitative estimate of drug-likeness (QED) is 0.870. The number of nitrogens with two attached hydrogens (primary N) is 1. The van der Waals surface area contributed by atoms with Crippen LogP contribution in [0, 0.1) is 11.3 Å². The number of pyridine rings is 1. The second-order valence-electron chi connectivity index (χ2n) is 2.67. The number of primary sulfonamides is 1. The molecule has 1 heterocycles. The van der Waals surface area contributed by atoms with Crippen LogP contribution in [0.25, 0.3) is 0 Å². The third-order valence-electron chi connectivity index (χ3n) is 1.62. The zero-order valence-corrected chi connectivity index (χ0v) is 9.06. The fourth-order valence-electron chi connectivity index (χ4n) is 0.952. The van der Waals surface area contributed by atoms with E-state index in [1.54, 1.807) is 0 Å². The molecule has 0 spiro atoms. The molecule has 0 fully saturated rings. The average molecular weight is 268 g/mol. The van der Waals surface area contributed by atoms with E-state index in [0.29, 0.717) is 6.20 Å². The van der Waals surface area contributed by atoms with Gasteiger partial charge in [-0.2, -0.15) is 5.26 Å². The van der Waals surface area contributed by atoms with Gasteiger partial charge in [-0.15, -0.1) is 0 Å². The van der Waals surface area contributed by atoms with E-state index in [1.165, 1.54) is 6.07 Å². The second-order valence-corrected chi connectivity index (χ2v) is 4.52. The Labute approximate surface area is 94.5 Å². The summed E-state index contributed by atoms with van der Waals surface area (Å²) in [5, 5.41) is 11.9. The van der Waals surface area contributed by atoms with Crippen LogP contribution in [0.2, 0.25) is 5.02 Å². The SMILES string of the molecule is N#Cc1c(S(N)(=O)=O)ncc(C(F)F)c1Cl. The normalized spacial score (nSPS) is 11.5. The van der Waals surface area contributed by atoms with Crippen molar-refractivity contribution in [2.75, 3.05) is 0 Å². The van der Waals surface area contributed by atoms with Crippen molar-refractivity contribution in [1.82, 2.24) is 4.98 Å². The van der Waals surface area contributed by atoms with Crippen LogP contribution >= 0.6 is 11.6 Å². The van der Waals surface area contributed by atoms with Crippen LogP contribution in [0.4, 0.5) is 8.78 Å². The molecule has 1 rings (SSSR count). The van der Waals surface area contributed by atoms with Gasteiger partial charge in [0.2, 0.25) is 0 Å². The van der Waals surface area contributed by atoms with Crippen LogP contribution in [0.5, 0.6) is 0 Å². The molecule has 0 unspecified atom stereocenters. The number of rotatable bonds is 2. The van der Waals surface area contributed by atoms with E-state index in [4.69, 9.17) is 22.0 Å². The Morgan fingerprint density at radius 2 is 2.12 bits per heavy atom. The van der Waals surface area contributed by atoms with Crippen LogP contribution in [0.15, 0.2) is 11.2 Å². The maximum absolute atomic E-state index is 12.4. The van der Waals surface area contributed by atoms with Gasteiger partial charge in [0.25, 0.3) is 16.4 Å². The Balaban J connectivity index is 3.62. The molecule has 0 bridgehead atoms. The second kappa shape index (κ2) is 4.29. The van der Waals surface area contributed by atoms with Crippen molar-refractivity contribution in [1.29, 1.82) is 5.26 Å². The molecule has 0 saturated carbocycles. The third-order valence-corrected chi connectivity index (χ3v) is 2.88. The number of nitriles is 1. The highest BCUT2D eigenvalue weighted by Gasteiger charge is 2.24. The molecule has 0 aromatic carbocycles. The standard InChI is InChI=1S/C7H4ClF2N3O2S/c8-5-3(1-11)7(16(12,14)15)13-2-4(5)6(9)10/h2,6H,(H2,12,14,15). The molecule has 0 aliphatic rings. The van der Waals surface area contributed by atoms with E-state index in [0.717, 1.165) is 0 Å². The third kappa shape index (κ3) is 2.27. The monoisotopic (exact) mass is 267 g/mol. The van der Waals surface area contributed by atoms with Gasteiger partial charge in [-0.1, -0.05) is 11.6 Å². The Morgan fingerprint density at radius 3 is 2.50 bits per heavy atom. The molecule has 0 atom stereocenters. The molecule has 0 radical (unpaired) electrons. The largest absolute Gasteiger partial charge is 0.266 e. The highest BCUT2D eigenvalue weighted by molar-refractivity contribution is 7.89. The first-order chi connectivity index (χ1) is 7.29. The number of halogens is 3. The van der Waals surface area contributed by atoms with Crippen molar-refractivity contribution in [3.8, 4) is 6.07 Å². The first kappa shape index (κ1) is 12.8. The number of nitrogens with zero attached hydrogens (tertiary/aromatic N) is 2. The highest BCUT2D eigenvalue weighted by atomic mass is 35.5. The molecule has 0 saturated heterocycles. The van der Waals surface area contributed by atoms with Gasteiger partial charge in [0.05, 0.1) is 10.6 Å². The van der Waals surface area contributed by atoms with Gasteiger partial charge in [-0.3, -0.25) is 0 Å². The fraction of sp³-hybridized carbons (Fsp3) is 0.143. The van der Waals surface area contributed by atoms with Gasteiger partial charge in [0, 0.05) is 6.20 Å². The molecule has 16 heavy (non-hydrogen) atoms. The Hall–Kier alpha value is -1.30. The summed E-state index contributed by atoms with van der Waals surface area (Å²) >= 11 is 5.45. The Morgan fingerprint density at radius 1 is 1.56 bits per heavy atom. The van der Waals surface area contributed by atoms with Gasteiger partial charge in [-0.05, 0) is 0 Å². The number of hydrogen-bond donors (Lipinski definition) is 1. The van der Waals surface area contributed by atoms with E-state index in [9.17, 15) is 17.2 Å². The zero-order valence-electron chi connectivity index (χ0n) is 7.49. The maximum atomic E-state index is 12.4. The van der Waals surface area contributed by atoms with Gasteiger partial charge >= 0.3 is 0 Å². The number of sulfonamides is 1. The first-order valence-corrected chi connectivity index (χ1v) is 5.61. The predicted molar refractivity (Wildman–Crippen MR) is 50.3 cm³/mol. The van der Waals surface area contributed by atoms with Crippen molar-refractivity contribution in [3.05, 3.63) is 22.3 Å². The molecular weight excluding hydrogens is 264 g/mol. The minimum Gasteiger partial charge on any atom is -0.242 e. The highest BCUT2D eigenvalue weighted by Crippen LogP contribution is 2.31. The summed E-state index contributed by atoms with van der Waals surface area (Å²) in [5.41, 5.74) is -1.40. The number of hydrogen-bond acceptors (Lipinski definition) is 4. The summed E-state index contributed by atoms with van der Waals surface area (Å²) in [6.45, 7) is 0. The van der Waals surface area contributed by atoms with Gasteiger partial charge in [-0.25, -0.2) is 27.3 Å². The van der Waals surface area contributed by atoms with Gasteiger partial charge in [0.15, 0.2) is 5.03 Å². The molecule has 1 aromatic heterocycles. The summed E-state index contributed by atoms with van der Waals surface area (Å²) < 4.78 is 46.6. The van der Waals surface area contributed by atoms with Gasteiger partial charge < -0.3 is 0 Å². The van der Waals surface area contributed by atoms with Crippen LogP contribution in [0.3, 0.4) is 0 Å². The molecule has 0 amide bonds. The number of aromatic nitrogens is 1. The van der Waals surface area contributed by atoms with Crippen molar-refractivity contribution >= 4 is 21.6 Å². The van der Waals surface area contributed by atoms with E-state index in [1.807, 2.05) is 0 Å². The van der Waals surface area contributed by atoms with Crippen molar-refractivity contribution < 1.29 is 17.2 Å². The average Bonchev–Trinajstić information content (AvgIpc) is 2.15. The van der Waals surface area contributed by atoms with Crippen molar-refractivity contribution in [2.24, 2.45) is 5.14 Å². The van der Waals surface area contributed by atoms with Gasteiger partial charge in [0.1, 0.15) is 11.6 Å². The summed E-state index contributed by atoms with van der Waals surface area (Å²) in [7, 11) is -4.27. The van der Waals surface area contributed by atoms with Crippen molar-refractivity contribution in [3.63, 3.8) is 0 Å². The first-order valence-electron chi connectivity index (χ1n) is 3.68. The number of alkyl halides is 2. The van der Waals surface area contributed by atoms with Crippen LogP contribution < -0.4 is 5.14 Å². The molecular formula is C7H4ClF2N3O2S. The Kier molecular flexibility index (Phi) is 3.42. The maximum Gasteiger partial charge on any atom is 0.266 e. The minimum atomic E-state index is -4.27. The van der Waals surface area contributed by atoms with Crippen LogP contribution in [0.1, 0.15) is 17.6 Å². The molecule has 1 aromatic rings. The summed E-state index contributed by atoms with van der Waals surface area (Å²) in [4.78, 5) is 3.20. The zero-order chi connectivity index (χ0) is 12.5. The van der Waals surface area contributed by atoms with Crippen LogP contribution in [-0.4, -0.2) is 13.4 Å². The van der Waals surface area contributed by atoms with E-state index < -0.39 is 37.6 Å². The lowest BCUT2D eigenvalue weighted by Crippen LogP contribution is -2.16. The van der Waals surface area contributed by atoms with Crippen molar-refractivity contribution in [2.45, 2.75) is 11.5 Å². The lowest BCUT2D eigenvalue weighted by atomic mass is 10.2. The molecule has 5 nitrogen and oxygen atoms in total. The molecule has 0 aliphatic heterocycles. The van der Waals surface area contributed by atoms with Crippen LogP contribution in [-0.2, 0) is 10.0 Å². The fourth-order valence-corrected chi connectivity index (χ4v) is 1.90. The van der Waals surface area contributed by atoms with E-state index >= 15 is 0 Å². The summed E-state index contributed by atoms with van der Waals surface area (Å²) in [6, 6.07) is 1.38. The minimum absolute atomic E-state index is 0.577. The van der Waals surface area contributed by atoms with E-state index in [-0.39, 0.29) is 0 Å². The predicted octanol–water partition coefficient (Wildman–Crippen LogP) is 1.19. The summed E-state index contributed by atoms with van der Waals surface area (Å²) in [5.74, 6) is 0. The molecule has 0 aliphatic carbocycles. The lowest BCUT2D eigenvalue weighted by molar-refractivity contribution is 0.151. The summed E-state index contributed by atoms with van der Waals surface area (Å²) in [6.07, 6.45) is -2.38. The smallest absolute Gasteiger partial charge is 0.242 e. The Bertz CT molecular complexity index is 568.